The van der Waals surface area contributed by atoms with Crippen LogP contribution in [0, 0.1) is 11.3 Å². The van der Waals surface area contributed by atoms with Crippen LogP contribution in [0.25, 0.3) is 11.0 Å². The zero-order valence-corrected chi connectivity index (χ0v) is 25.3. The van der Waals surface area contributed by atoms with E-state index in [-0.39, 0.29) is 30.5 Å². The minimum Gasteiger partial charge on any atom is -0.457 e. The number of piperazine rings is 1. The van der Waals surface area contributed by atoms with Gasteiger partial charge in [-0.25, -0.2) is 4.98 Å². The summed E-state index contributed by atoms with van der Waals surface area (Å²) in [6.07, 6.45) is -2.39. The first kappa shape index (κ1) is 30.6. The zero-order valence-electron chi connectivity index (χ0n) is 25.3. The summed E-state index contributed by atoms with van der Waals surface area (Å²) in [7, 11) is 0. The third kappa shape index (κ3) is 6.53. The van der Waals surface area contributed by atoms with Gasteiger partial charge in [0, 0.05) is 45.5 Å². The Labute approximate surface area is 260 Å². The normalized spacial score (nSPS) is 17.7. The molecule has 2 aliphatic heterocycles. The highest BCUT2D eigenvalue weighted by atomic mass is 19.4. The number of H-pyrrole nitrogens is 1. The molecular formula is C34H35F3N6O2. The molecule has 1 fully saturated rings. The number of rotatable bonds is 7. The van der Waals surface area contributed by atoms with Crippen LogP contribution in [0.3, 0.4) is 0 Å². The molecule has 8 nitrogen and oxygen atoms in total. The average molecular weight is 617 g/mol. The van der Waals surface area contributed by atoms with Crippen molar-refractivity contribution in [3.8, 4) is 17.6 Å². The fourth-order valence-corrected chi connectivity index (χ4v) is 6.39. The molecule has 4 aromatic rings. The molecule has 0 saturated carbocycles. The Morgan fingerprint density at radius 3 is 2.58 bits per heavy atom. The minimum atomic E-state index is -4.51. The number of hydrogen-bond donors (Lipinski definition) is 1. The number of carbonyl (C=O) groups excluding carboxylic acids is 1. The van der Waals surface area contributed by atoms with Crippen molar-refractivity contribution >= 4 is 16.9 Å². The molecule has 1 amide bonds. The molecule has 1 N–H and O–H groups in total. The Bertz CT molecular complexity index is 1750. The third-order valence-corrected chi connectivity index (χ3v) is 8.96. The maximum Gasteiger partial charge on any atom is 0.416 e. The van der Waals surface area contributed by atoms with E-state index in [9.17, 15) is 23.2 Å². The minimum absolute atomic E-state index is 0.113. The lowest BCUT2D eigenvalue weighted by Gasteiger charge is -2.36. The van der Waals surface area contributed by atoms with Crippen molar-refractivity contribution in [1.29, 1.82) is 5.26 Å². The monoisotopic (exact) mass is 616 g/mol. The number of ether oxygens (including phenoxy) is 1. The molecule has 4 heterocycles. The number of pyridine rings is 1. The number of fused-ring (bicyclic) bond motifs is 2. The number of hydrogen-bond acceptors (Lipinski definition) is 6. The Balaban J connectivity index is 1.17. The standard InChI is InChI=1S/C34H35F3N6O2/c1-3-41-12-14-42(15-13-41)21-25-5-4-23(16-30(25)34(35,36)37)17-32(44)43-11-9-24-6-7-27(19-28(24)22(43)2)45-31-8-10-39-33-29(31)18-26(20-38)40-33/h4-8,10,16,18-19,22H,3,9,11-15,17,21H2,1-2H3,(H,39,40)/t22-/m0/s1. The van der Waals surface area contributed by atoms with Gasteiger partial charge in [0.05, 0.1) is 23.4 Å². The van der Waals surface area contributed by atoms with E-state index in [4.69, 9.17) is 4.74 Å². The number of halogens is 3. The number of carbonyl (C=O) groups is 1. The summed E-state index contributed by atoms with van der Waals surface area (Å²) in [5.41, 5.74) is 2.87. The summed E-state index contributed by atoms with van der Waals surface area (Å²) in [6, 6.07) is 15.3. The Hall–Kier alpha value is -4.40. The lowest BCUT2D eigenvalue weighted by atomic mass is 9.92. The maximum atomic E-state index is 14.2. The van der Waals surface area contributed by atoms with E-state index < -0.39 is 11.7 Å². The van der Waals surface area contributed by atoms with Gasteiger partial charge in [-0.3, -0.25) is 9.69 Å². The predicted molar refractivity (Wildman–Crippen MR) is 164 cm³/mol. The summed E-state index contributed by atoms with van der Waals surface area (Å²) < 4.78 is 48.7. The first-order valence-electron chi connectivity index (χ1n) is 15.2. The lowest BCUT2D eigenvalue weighted by molar-refractivity contribution is -0.139. The Morgan fingerprint density at radius 2 is 1.84 bits per heavy atom. The fourth-order valence-electron chi connectivity index (χ4n) is 6.39. The van der Waals surface area contributed by atoms with E-state index in [1.54, 1.807) is 29.3 Å². The number of alkyl halides is 3. The lowest BCUT2D eigenvalue weighted by Crippen LogP contribution is -2.45. The highest BCUT2D eigenvalue weighted by Crippen LogP contribution is 2.37. The molecule has 2 aromatic heterocycles. The Kier molecular flexibility index (Phi) is 8.53. The maximum absolute atomic E-state index is 14.2. The van der Waals surface area contributed by atoms with Crippen molar-refractivity contribution in [3.05, 3.63) is 88.2 Å². The van der Waals surface area contributed by atoms with E-state index >= 15 is 0 Å². The molecule has 1 atom stereocenters. The first-order valence-corrected chi connectivity index (χ1v) is 15.2. The van der Waals surface area contributed by atoms with Gasteiger partial charge in [-0.15, -0.1) is 0 Å². The second-order valence-corrected chi connectivity index (χ2v) is 11.7. The molecule has 0 spiro atoms. The first-order chi connectivity index (χ1) is 21.6. The van der Waals surface area contributed by atoms with Gasteiger partial charge in [-0.1, -0.05) is 25.1 Å². The van der Waals surface area contributed by atoms with Crippen LogP contribution in [-0.4, -0.2) is 69.8 Å². The number of amides is 1. The molecule has 1 saturated heterocycles. The van der Waals surface area contributed by atoms with E-state index in [0.717, 1.165) is 49.9 Å². The van der Waals surface area contributed by atoms with Crippen LogP contribution in [0.5, 0.6) is 11.5 Å². The second kappa shape index (κ2) is 12.5. The summed E-state index contributed by atoms with van der Waals surface area (Å²) >= 11 is 0. The van der Waals surface area contributed by atoms with Crippen LogP contribution in [-0.2, 0) is 30.4 Å². The molecule has 0 unspecified atom stereocenters. The second-order valence-electron chi connectivity index (χ2n) is 11.7. The van der Waals surface area contributed by atoms with Crippen molar-refractivity contribution in [1.82, 2.24) is 24.7 Å². The number of aromatic amines is 1. The van der Waals surface area contributed by atoms with Gasteiger partial charge in [0.25, 0.3) is 0 Å². The highest BCUT2D eigenvalue weighted by Gasteiger charge is 2.35. The molecular weight excluding hydrogens is 581 g/mol. The van der Waals surface area contributed by atoms with Gasteiger partial charge in [0.2, 0.25) is 5.91 Å². The molecule has 45 heavy (non-hydrogen) atoms. The number of nitrogens with one attached hydrogen (secondary N) is 1. The van der Waals surface area contributed by atoms with Crippen molar-refractivity contribution in [3.63, 3.8) is 0 Å². The number of nitrogens with zero attached hydrogens (tertiary/aromatic N) is 5. The molecule has 2 aliphatic rings. The molecule has 0 bridgehead atoms. The van der Waals surface area contributed by atoms with Crippen molar-refractivity contribution in [2.45, 2.75) is 45.5 Å². The average Bonchev–Trinajstić information content (AvgIpc) is 3.47. The van der Waals surface area contributed by atoms with E-state index in [2.05, 4.69) is 32.8 Å². The van der Waals surface area contributed by atoms with Crippen LogP contribution in [0.4, 0.5) is 13.2 Å². The number of aromatic nitrogens is 2. The van der Waals surface area contributed by atoms with Crippen molar-refractivity contribution in [2.75, 3.05) is 39.3 Å². The van der Waals surface area contributed by atoms with E-state index in [1.165, 1.54) is 6.07 Å². The summed E-state index contributed by atoms with van der Waals surface area (Å²) in [4.78, 5) is 26.8. The van der Waals surface area contributed by atoms with Crippen LogP contribution in [0.15, 0.2) is 54.7 Å². The SMILES string of the molecule is CCN1CCN(Cc2ccc(CC(=O)N3CCc4ccc(Oc5ccnc6[nH]c(C#N)cc56)cc4[C@@H]3C)cc2C(F)(F)F)CC1. The fraction of sp³-hybridized carbons (Fsp3) is 0.382. The smallest absolute Gasteiger partial charge is 0.416 e. The molecule has 0 radical (unpaired) electrons. The predicted octanol–water partition coefficient (Wildman–Crippen LogP) is 6.07. The highest BCUT2D eigenvalue weighted by molar-refractivity contribution is 5.84. The van der Waals surface area contributed by atoms with Gasteiger partial charge < -0.3 is 19.5 Å². The molecule has 6 rings (SSSR count). The van der Waals surface area contributed by atoms with Gasteiger partial charge in [0.1, 0.15) is 28.9 Å². The van der Waals surface area contributed by atoms with Crippen molar-refractivity contribution < 1.29 is 22.7 Å². The van der Waals surface area contributed by atoms with E-state index in [0.29, 0.717) is 46.8 Å². The van der Waals surface area contributed by atoms with Gasteiger partial charge >= 0.3 is 6.18 Å². The third-order valence-electron chi connectivity index (χ3n) is 8.96. The zero-order chi connectivity index (χ0) is 31.7. The summed E-state index contributed by atoms with van der Waals surface area (Å²) in [5.74, 6) is 0.896. The van der Waals surface area contributed by atoms with Crippen LogP contribution in [0.2, 0.25) is 0 Å². The number of nitriles is 1. The molecule has 0 aliphatic carbocycles. The van der Waals surface area contributed by atoms with Crippen LogP contribution >= 0.6 is 0 Å². The van der Waals surface area contributed by atoms with E-state index in [1.807, 2.05) is 25.1 Å². The number of likely N-dealkylation sites (N-methyl/N-ethyl adjacent to an activating group) is 1. The molecule has 11 heteroatoms. The molecule has 2 aromatic carbocycles. The molecule has 234 valence electrons. The van der Waals surface area contributed by atoms with Gasteiger partial charge in [-0.05, 0) is 72.5 Å². The topological polar surface area (TPSA) is 88.5 Å². The van der Waals surface area contributed by atoms with Gasteiger partial charge in [-0.2, -0.15) is 18.4 Å². The Morgan fingerprint density at radius 1 is 1.07 bits per heavy atom. The summed E-state index contributed by atoms with van der Waals surface area (Å²) in [5, 5.41) is 9.93. The van der Waals surface area contributed by atoms with Crippen molar-refractivity contribution in [2.24, 2.45) is 0 Å². The van der Waals surface area contributed by atoms with Crippen LogP contribution < -0.4 is 4.74 Å². The number of benzene rings is 2. The largest absolute Gasteiger partial charge is 0.457 e. The van der Waals surface area contributed by atoms with Gasteiger partial charge in [0.15, 0.2) is 0 Å². The van der Waals surface area contributed by atoms with Crippen LogP contribution in [0.1, 0.15) is 53.4 Å². The summed E-state index contributed by atoms with van der Waals surface area (Å²) in [6.45, 7) is 8.82. The quantitative estimate of drug-likeness (QED) is 0.271.